The van der Waals surface area contributed by atoms with Gasteiger partial charge in [-0.15, -0.1) is 0 Å². The average Bonchev–Trinajstić information content (AvgIpc) is 2.49. The number of para-hydroxylation sites is 1. The highest BCUT2D eigenvalue weighted by Gasteiger charge is 2.15. The molecule has 5 heteroatoms. The molecule has 0 fully saturated rings. The normalized spacial score (nSPS) is 11.1. The van der Waals surface area contributed by atoms with Gasteiger partial charge in [0, 0.05) is 16.2 Å². The van der Waals surface area contributed by atoms with Crippen LogP contribution in [0.2, 0.25) is 0 Å². The van der Waals surface area contributed by atoms with Crippen molar-refractivity contribution in [3.63, 3.8) is 0 Å². The summed E-state index contributed by atoms with van der Waals surface area (Å²) in [5.41, 5.74) is 3.53. The van der Waals surface area contributed by atoms with Crippen LogP contribution in [0.15, 0.2) is 35.3 Å². The van der Waals surface area contributed by atoms with Gasteiger partial charge in [-0.25, -0.2) is 9.97 Å². The maximum Gasteiger partial charge on any atom is 0.267 e. The first-order valence-electron chi connectivity index (χ1n) is 7.16. The van der Waals surface area contributed by atoms with Crippen molar-refractivity contribution in [2.45, 2.75) is 27.2 Å². The highest BCUT2D eigenvalue weighted by molar-refractivity contribution is 14.1. The summed E-state index contributed by atoms with van der Waals surface area (Å²) in [7, 11) is 0. The van der Waals surface area contributed by atoms with E-state index in [1.54, 1.807) is 10.8 Å². The molecular weight excluding hydrogens is 389 g/mol. The van der Waals surface area contributed by atoms with E-state index < -0.39 is 0 Å². The summed E-state index contributed by atoms with van der Waals surface area (Å²) in [4.78, 5) is 21.9. The van der Waals surface area contributed by atoms with Crippen LogP contribution in [0, 0.1) is 17.4 Å². The Bertz CT molecular complexity index is 911. The van der Waals surface area contributed by atoms with Gasteiger partial charge < -0.3 is 0 Å². The van der Waals surface area contributed by atoms with Crippen molar-refractivity contribution >= 4 is 33.6 Å². The van der Waals surface area contributed by atoms with E-state index in [2.05, 4.69) is 32.6 Å². The molecule has 0 amide bonds. The molecule has 3 rings (SSSR count). The molecule has 4 nitrogen and oxygen atoms in total. The second kappa shape index (κ2) is 5.79. The molecule has 0 saturated carbocycles. The summed E-state index contributed by atoms with van der Waals surface area (Å²) in [6.45, 7) is 6.04. The van der Waals surface area contributed by atoms with Crippen LogP contribution in [-0.2, 0) is 6.42 Å². The minimum absolute atomic E-state index is 0.0507. The van der Waals surface area contributed by atoms with E-state index in [0.717, 1.165) is 26.2 Å². The molecule has 2 heterocycles. The zero-order valence-corrected chi connectivity index (χ0v) is 14.9. The molecule has 0 spiro atoms. The maximum absolute atomic E-state index is 13.0. The summed E-state index contributed by atoms with van der Waals surface area (Å²) in [6, 6.07) is 7.89. The average molecular weight is 405 g/mol. The van der Waals surface area contributed by atoms with Gasteiger partial charge in [-0.2, -0.15) is 0 Å². The van der Waals surface area contributed by atoms with Crippen LogP contribution in [0.5, 0.6) is 0 Å². The largest absolute Gasteiger partial charge is 0.268 e. The zero-order valence-electron chi connectivity index (χ0n) is 12.7. The first kappa shape index (κ1) is 15.1. The fourth-order valence-corrected chi connectivity index (χ4v) is 3.17. The topological polar surface area (TPSA) is 47.8 Å². The molecule has 0 aliphatic carbocycles. The smallest absolute Gasteiger partial charge is 0.267 e. The number of aryl methyl sites for hydroxylation is 3. The summed E-state index contributed by atoms with van der Waals surface area (Å²) in [6.07, 6.45) is 2.41. The van der Waals surface area contributed by atoms with Crippen LogP contribution >= 0.6 is 22.6 Å². The third-order valence-corrected chi connectivity index (χ3v) is 4.33. The third-order valence-electron chi connectivity index (χ3n) is 3.74. The number of nitrogens with zero attached hydrogens (tertiary/aromatic N) is 3. The van der Waals surface area contributed by atoms with Crippen molar-refractivity contribution in [2.75, 3.05) is 0 Å². The van der Waals surface area contributed by atoms with Crippen LogP contribution in [0.3, 0.4) is 0 Å². The lowest BCUT2D eigenvalue weighted by Gasteiger charge is -2.16. The Morgan fingerprint density at radius 1 is 1.23 bits per heavy atom. The van der Waals surface area contributed by atoms with Crippen LogP contribution in [0.1, 0.15) is 23.9 Å². The van der Waals surface area contributed by atoms with Crippen LogP contribution in [0.25, 0.3) is 16.7 Å². The summed E-state index contributed by atoms with van der Waals surface area (Å²) in [5, 5.41) is 0.562. The van der Waals surface area contributed by atoms with Crippen molar-refractivity contribution in [2.24, 2.45) is 0 Å². The SMILES string of the molecule is CCc1nc2ncc(I)cc2c(=O)n1-c1c(C)cccc1C. The molecule has 0 bridgehead atoms. The van der Waals surface area contributed by atoms with E-state index in [-0.39, 0.29) is 5.56 Å². The Balaban J connectivity index is 2.48. The molecular formula is C17H16IN3O. The quantitative estimate of drug-likeness (QED) is 0.613. The Morgan fingerprint density at radius 2 is 1.91 bits per heavy atom. The predicted octanol–water partition coefficient (Wildman–Crippen LogP) is 3.56. The molecule has 0 atom stereocenters. The number of hydrogen-bond donors (Lipinski definition) is 0. The van der Waals surface area contributed by atoms with Crippen LogP contribution < -0.4 is 5.56 Å². The molecule has 22 heavy (non-hydrogen) atoms. The number of fused-ring (bicyclic) bond motifs is 1. The lowest BCUT2D eigenvalue weighted by Crippen LogP contribution is -2.25. The van der Waals surface area contributed by atoms with Gasteiger partial charge >= 0.3 is 0 Å². The van der Waals surface area contributed by atoms with Crippen molar-refractivity contribution in [1.29, 1.82) is 0 Å². The van der Waals surface area contributed by atoms with E-state index in [9.17, 15) is 4.79 Å². The minimum atomic E-state index is -0.0507. The van der Waals surface area contributed by atoms with E-state index in [0.29, 0.717) is 17.5 Å². The molecule has 0 N–H and O–H groups in total. The van der Waals surface area contributed by atoms with E-state index in [1.807, 2.05) is 45.0 Å². The van der Waals surface area contributed by atoms with Crippen LogP contribution in [0.4, 0.5) is 0 Å². The monoisotopic (exact) mass is 405 g/mol. The number of rotatable bonds is 2. The molecule has 0 saturated heterocycles. The Morgan fingerprint density at radius 3 is 2.55 bits per heavy atom. The number of halogens is 1. The van der Waals surface area contributed by atoms with Crippen LogP contribution in [-0.4, -0.2) is 14.5 Å². The van der Waals surface area contributed by atoms with Crippen molar-refractivity contribution in [3.8, 4) is 5.69 Å². The number of benzene rings is 1. The second-order valence-electron chi connectivity index (χ2n) is 5.29. The van der Waals surface area contributed by atoms with E-state index in [4.69, 9.17) is 0 Å². The summed E-state index contributed by atoms with van der Waals surface area (Å²) < 4.78 is 2.67. The molecule has 0 aliphatic heterocycles. The Kier molecular flexibility index (Phi) is 3.99. The fourth-order valence-electron chi connectivity index (χ4n) is 2.71. The van der Waals surface area contributed by atoms with Gasteiger partial charge in [-0.05, 0) is 53.6 Å². The third kappa shape index (κ3) is 2.43. The minimum Gasteiger partial charge on any atom is -0.268 e. The van der Waals surface area contributed by atoms with Gasteiger partial charge in [0.15, 0.2) is 5.65 Å². The summed E-state index contributed by atoms with van der Waals surface area (Å²) in [5.74, 6) is 0.739. The highest BCUT2D eigenvalue weighted by atomic mass is 127. The molecule has 3 aromatic rings. The van der Waals surface area contributed by atoms with E-state index >= 15 is 0 Å². The van der Waals surface area contributed by atoms with Crippen molar-refractivity contribution in [1.82, 2.24) is 14.5 Å². The Labute approximate surface area is 142 Å². The molecule has 1 aromatic carbocycles. The number of aromatic nitrogens is 3. The van der Waals surface area contributed by atoms with Gasteiger partial charge in [0.25, 0.3) is 5.56 Å². The lowest BCUT2D eigenvalue weighted by molar-refractivity contribution is 0.820. The first-order chi connectivity index (χ1) is 10.5. The highest BCUT2D eigenvalue weighted by Crippen LogP contribution is 2.20. The lowest BCUT2D eigenvalue weighted by atomic mass is 10.1. The van der Waals surface area contributed by atoms with Gasteiger partial charge in [0.2, 0.25) is 0 Å². The Hall–Kier alpha value is -1.76. The molecule has 0 radical (unpaired) electrons. The van der Waals surface area contributed by atoms with Crippen molar-refractivity contribution < 1.29 is 0 Å². The molecule has 2 aromatic heterocycles. The number of hydrogen-bond acceptors (Lipinski definition) is 3. The predicted molar refractivity (Wildman–Crippen MR) is 96.7 cm³/mol. The molecule has 0 aliphatic rings. The van der Waals surface area contributed by atoms with E-state index in [1.165, 1.54) is 0 Å². The van der Waals surface area contributed by atoms with Gasteiger partial charge in [0.05, 0.1) is 11.1 Å². The van der Waals surface area contributed by atoms with Gasteiger partial charge in [-0.1, -0.05) is 25.1 Å². The molecule has 112 valence electrons. The van der Waals surface area contributed by atoms with Gasteiger partial charge in [-0.3, -0.25) is 9.36 Å². The second-order valence-corrected chi connectivity index (χ2v) is 6.53. The summed E-state index contributed by atoms with van der Waals surface area (Å²) >= 11 is 2.16. The van der Waals surface area contributed by atoms with Gasteiger partial charge in [0.1, 0.15) is 5.82 Å². The number of pyridine rings is 1. The fraction of sp³-hybridized carbons (Fsp3) is 0.235. The standard InChI is InChI=1S/C17H16IN3O/c1-4-14-20-16-13(8-12(18)9-19-16)17(22)21(14)15-10(2)6-5-7-11(15)3/h5-9H,4H2,1-3H3. The maximum atomic E-state index is 13.0. The molecule has 0 unspecified atom stereocenters. The zero-order chi connectivity index (χ0) is 15.9. The first-order valence-corrected chi connectivity index (χ1v) is 8.24. The van der Waals surface area contributed by atoms with Crippen molar-refractivity contribution in [3.05, 3.63) is 61.3 Å².